The number of nitrogens with one attached hydrogen (secondary N) is 1. The fraction of sp³-hybridized carbons (Fsp3) is 0.409. The lowest BCUT2D eigenvalue weighted by molar-refractivity contribution is 0.372. The molecule has 27 heavy (non-hydrogen) atoms. The van der Waals surface area contributed by atoms with E-state index in [1.807, 2.05) is 18.2 Å². The quantitative estimate of drug-likeness (QED) is 0.600. The molecule has 0 spiro atoms. The van der Waals surface area contributed by atoms with E-state index in [0.717, 1.165) is 56.0 Å². The van der Waals surface area contributed by atoms with Crippen LogP contribution < -0.4 is 10.1 Å². The van der Waals surface area contributed by atoms with Crippen LogP contribution in [0.15, 0.2) is 48.5 Å². The van der Waals surface area contributed by atoms with Gasteiger partial charge in [0.1, 0.15) is 0 Å². The number of aryl methyl sites for hydroxylation is 1. The average Bonchev–Trinajstić information content (AvgIpc) is 2.69. The van der Waals surface area contributed by atoms with Gasteiger partial charge in [0.2, 0.25) is 0 Å². The van der Waals surface area contributed by atoms with E-state index >= 15 is 0 Å². The smallest absolute Gasteiger partial charge is 0.168 e. The van der Waals surface area contributed by atoms with Crippen LogP contribution in [0.5, 0.6) is 11.5 Å². The average molecular weight is 387 g/mol. The first-order valence-corrected chi connectivity index (χ1v) is 9.97. The van der Waals surface area contributed by atoms with Crippen molar-refractivity contribution in [3.63, 3.8) is 0 Å². The summed E-state index contributed by atoms with van der Waals surface area (Å²) in [6.07, 6.45) is 3.94. The lowest BCUT2D eigenvalue weighted by atomic mass is 10.1. The molecule has 0 saturated carbocycles. The second-order valence-corrected chi connectivity index (χ2v) is 6.95. The van der Waals surface area contributed by atoms with E-state index in [1.54, 1.807) is 13.2 Å². The minimum absolute atomic E-state index is 0.178. The van der Waals surface area contributed by atoms with Gasteiger partial charge in [-0.15, -0.1) is 0 Å². The fourth-order valence-electron chi connectivity index (χ4n) is 3.01. The highest BCUT2D eigenvalue weighted by molar-refractivity contribution is 7.80. The zero-order chi connectivity index (χ0) is 19.5. The van der Waals surface area contributed by atoms with E-state index < -0.39 is 0 Å². The van der Waals surface area contributed by atoms with Crippen molar-refractivity contribution in [3.8, 4) is 11.5 Å². The molecule has 0 fully saturated rings. The van der Waals surface area contributed by atoms with Crippen LogP contribution >= 0.6 is 12.2 Å². The molecule has 0 amide bonds. The molecule has 0 aliphatic rings. The molecule has 4 nitrogen and oxygen atoms in total. The summed E-state index contributed by atoms with van der Waals surface area (Å²) in [6, 6.07) is 16.0. The first-order valence-electron chi connectivity index (χ1n) is 9.56. The van der Waals surface area contributed by atoms with Crippen LogP contribution in [0.2, 0.25) is 0 Å². The maximum atomic E-state index is 9.70. The molecule has 0 atom stereocenters. The van der Waals surface area contributed by atoms with E-state index in [0.29, 0.717) is 5.75 Å². The SMILES string of the molecule is CCCN(CCCc1ccc(O)c(OC)c1)C(=S)NCCc1ccccc1. The third kappa shape index (κ3) is 7.10. The van der Waals surface area contributed by atoms with Crippen molar-refractivity contribution in [2.24, 2.45) is 0 Å². The van der Waals surface area contributed by atoms with Crippen molar-refractivity contribution in [1.82, 2.24) is 10.2 Å². The second kappa shape index (κ2) is 11.4. The lowest BCUT2D eigenvalue weighted by Crippen LogP contribution is -2.41. The first kappa shape index (κ1) is 21.0. The summed E-state index contributed by atoms with van der Waals surface area (Å²) in [4.78, 5) is 2.25. The highest BCUT2D eigenvalue weighted by Crippen LogP contribution is 2.26. The molecule has 2 aromatic carbocycles. The molecule has 2 aromatic rings. The summed E-state index contributed by atoms with van der Waals surface area (Å²) in [5, 5.41) is 13.9. The summed E-state index contributed by atoms with van der Waals surface area (Å²) < 4.78 is 5.18. The number of thiocarbonyl (C=S) groups is 1. The van der Waals surface area contributed by atoms with Crippen molar-refractivity contribution in [2.75, 3.05) is 26.7 Å². The molecule has 2 rings (SSSR count). The van der Waals surface area contributed by atoms with Gasteiger partial charge in [0.05, 0.1) is 7.11 Å². The predicted molar refractivity (Wildman–Crippen MR) is 116 cm³/mol. The summed E-state index contributed by atoms with van der Waals surface area (Å²) in [6.45, 7) is 4.88. The molecule has 2 N–H and O–H groups in total. The zero-order valence-corrected chi connectivity index (χ0v) is 17.1. The summed E-state index contributed by atoms with van der Waals surface area (Å²) in [5.74, 6) is 0.702. The second-order valence-electron chi connectivity index (χ2n) is 6.56. The van der Waals surface area contributed by atoms with Crippen molar-refractivity contribution in [3.05, 3.63) is 59.7 Å². The Morgan fingerprint density at radius 2 is 1.85 bits per heavy atom. The number of methoxy groups -OCH3 is 1. The van der Waals surface area contributed by atoms with Crippen molar-refractivity contribution in [1.29, 1.82) is 0 Å². The maximum Gasteiger partial charge on any atom is 0.168 e. The van der Waals surface area contributed by atoms with E-state index in [1.165, 1.54) is 5.56 Å². The standard InChI is InChI=1S/C22H30N2O2S/c1-3-15-24(22(27)23-14-13-18-8-5-4-6-9-18)16-7-10-19-11-12-20(25)21(17-19)26-2/h4-6,8-9,11-12,17,25H,3,7,10,13-16H2,1-2H3,(H,23,27). The van der Waals surface area contributed by atoms with Gasteiger partial charge in [-0.3, -0.25) is 0 Å². The number of phenols is 1. The number of hydrogen-bond donors (Lipinski definition) is 2. The number of rotatable bonds is 10. The van der Waals surface area contributed by atoms with Crippen molar-refractivity contribution >= 4 is 17.3 Å². The van der Waals surface area contributed by atoms with E-state index in [2.05, 4.69) is 41.4 Å². The Hall–Kier alpha value is -2.27. The van der Waals surface area contributed by atoms with Crippen LogP contribution in [0.1, 0.15) is 30.9 Å². The summed E-state index contributed by atoms with van der Waals surface area (Å²) in [7, 11) is 1.57. The molecule has 0 aliphatic heterocycles. The Morgan fingerprint density at radius 1 is 1.07 bits per heavy atom. The molecule has 0 aliphatic carbocycles. The van der Waals surface area contributed by atoms with Gasteiger partial charge in [0, 0.05) is 19.6 Å². The third-order valence-corrected chi connectivity index (χ3v) is 4.85. The lowest BCUT2D eigenvalue weighted by Gasteiger charge is -2.25. The largest absolute Gasteiger partial charge is 0.504 e. The zero-order valence-electron chi connectivity index (χ0n) is 16.3. The predicted octanol–water partition coefficient (Wildman–Crippen LogP) is 4.16. The van der Waals surface area contributed by atoms with E-state index in [9.17, 15) is 5.11 Å². The van der Waals surface area contributed by atoms with Gasteiger partial charge >= 0.3 is 0 Å². The number of hydrogen-bond acceptors (Lipinski definition) is 3. The minimum Gasteiger partial charge on any atom is -0.504 e. The minimum atomic E-state index is 0.178. The Bertz CT molecular complexity index is 707. The van der Waals surface area contributed by atoms with Gasteiger partial charge in [-0.05, 0) is 61.2 Å². The number of nitrogens with zero attached hydrogens (tertiary/aromatic N) is 1. The molecule has 0 saturated heterocycles. The Kier molecular flexibility index (Phi) is 8.92. The molecule has 0 bridgehead atoms. The van der Waals surface area contributed by atoms with Crippen LogP contribution in [0.25, 0.3) is 0 Å². The summed E-state index contributed by atoms with van der Waals surface area (Å²) in [5.41, 5.74) is 2.47. The van der Waals surface area contributed by atoms with Crippen molar-refractivity contribution < 1.29 is 9.84 Å². The van der Waals surface area contributed by atoms with Gasteiger partial charge in [-0.25, -0.2) is 0 Å². The third-order valence-electron chi connectivity index (χ3n) is 4.45. The molecule has 146 valence electrons. The highest BCUT2D eigenvalue weighted by Gasteiger charge is 2.09. The monoisotopic (exact) mass is 386 g/mol. The number of aromatic hydroxyl groups is 1. The molecular weight excluding hydrogens is 356 g/mol. The normalized spacial score (nSPS) is 10.4. The van der Waals surface area contributed by atoms with Gasteiger partial charge in [0.15, 0.2) is 16.6 Å². The van der Waals surface area contributed by atoms with Gasteiger partial charge in [0.25, 0.3) is 0 Å². The first-order chi connectivity index (χ1) is 13.1. The topological polar surface area (TPSA) is 44.7 Å². The molecule has 0 heterocycles. The Balaban J connectivity index is 1.79. The van der Waals surface area contributed by atoms with E-state index in [4.69, 9.17) is 17.0 Å². The van der Waals surface area contributed by atoms with Gasteiger partial charge in [-0.1, -0.05) is 43.3 Å². The van der Waals surface area contributed by atoms with Crippen LogP contribution in [-0.2, 0) is 12.8 Å². The highest BCUT2D eigenvalue weighted by atomic mass is 32.1. The van der Waals surface area contributed by atoms with Crippen LogP contribution in [-0.4, -0.2) is 41.9 Å². The summed E-state index contributed by atoms with van der Waals surface area (Å²) >= 11 is 5.60. The van der Waals surface area contributed by atoms with Gasteiger partial charge in [-0.2, -0.15) is 0 Å². The molecule has 5 heteroatoms. The number of benzene rings is 2. The van der Waals surface area contributed by atoms with Crippen molar-refractivity contribution in [2.45, 2.75) is 32.6 Å². The van der Waals surface area contributed by atoms with Crippen LogP contribution in [0.4, 0.5) is 0 Å². The van der Waals surface area contributed by atoms with Gasteiger partial charge < -0.3 is 20.1 Å². The Labute approximate surface area is 168 Å². The molecular formula is C22H30N2O2S. The van der Waals surface area contributed by atoms with E-state index in [-0.39, 0.29) is 5.75 Å². The van der Waals surface area contributed by atoms with Crippen LogP contribution in [0.3, 0.4) is 0 Å². The maximum absolute atomic E-state index is 9.70. The number of ether oxygens (including phenoxy) is 1. The molecule has 0 aromatic heterocycles. The van der Waals surface area contributed by atoms with Crippen LogP contribution in [0, 0.1) is 0 Å². The molecule has 0 radical (unpaired) electrons. The Morgan fingerprint density at radius 3 is 2.56 bits per heavy atom. The fourth-order valence-corrected chi connectivity index (χ4v) is 3.29. The number of phenolic OH excluding ortho intramolecular Hbond substituents is 1. The molecule has 0 unspecified atom stereocenters.